The topological polar surface area (TPSA) is 55.1 Å². The molecule has 0 radical (unpaired) electrons. The average Bonchev–Trinajstić information content (AvgIpc) is 2.45. The van der Waals surface area contributed by atoms with Crippen molar-refractivity contribution in [1.82, 2.24) is 4.98 Å². The Labute approximate surface area is 112 Å². The van der Waals surface area contributed by atoms with Crippen LogP contribution in [0.15, 0.2) is 24.3 Å². The van der Waals surface area contributed by atoms with Crippen LogP contribution < -0.4 is 9.47 Å². The van der Waals surface area contributed by atoms with E-state index < -0.39 is 0 Å². The first-order valence-electron chi connectivity index (χ1n) is 6.09. The lowest BCUT2D eigenvalue weighted by atomic mass is 10.1. The van der Waals surface area contributed by atoms with Gasteiger partial charge in [0.05, 0.1) is 20.3 Å². The molecule has 19 heavy (non-hydrogen) atoms. The second-order valence-corrected chi connectivity index (χ2v) is 4.44. The molecule has 0 fully saturated rings. The Bertz CT molecular complexity index is 632. The van der Waals surface area contributed by atoms with E-state index in [1.807, 2.05) is 31.2 Å². The van der Waals surface area contributed by atoms with Gasteiger partial charge >= 0.3 is 0 Å². The molecular formula is C15H16N2O2. The monoisotopic (exact) mass is 256 g/mol. The molecule has 1 atom stereocenters. The summed E-state index contributed by atoms with van der Waals surface area (Å²) in [6.45, 7) is 1.89. The van der Waals surface area contributed by atoms with Crippen molar-refractivity contribution in [2.75, 3.05) is 14.2 Å². The predicted molar refractivity (Wildman–Crippen MR) is 73.3 cm³/mol. The van der Waals surface area contributed by atoms with Gasteiger partial charge in [0.25, 0.3) is 0 Å². The molecule has 4 nitrogen and oxygen atoms in total. The standard InChI is InChI=1S/C15H16N2O2/c1-10(9-16)6-12-5-4-11-7-13(18-2)8-14(19-3)15(11)17-12/h4-5,7-8,10H,6H2,1-3H3. The molecule has 0 spiro atoms. The highest BCUT2D eigenvalue weighted by molar-refractivity contribution is 5.86. The van der Waals surface area contributed by atoms with Crippen molar-refractivity contribution in [2.24, 2.45) is 5.92 Å². The summed E-state index contributed by atoms with van der Waals surface area (Å²) in [5.41, 5.74) is 1.69. The maximum absolute atomic E-state index is 8.86. The number of fused-ring (bicyclic) bond motifs is 1. The van der Waals surface area contributed by atoms with Crippen molar-refractivity contribution in [3.05, 3.63) is 30.0 Å². The molecule has 1 unspecified atom stereocenters. The van der Waals surface area contributed by atoms with E-state index in [2.05, 4.69) is 11.1 Å². The molecule has 0 aliphatic heterocycles. The third-order valence-electron chi connectivity index (χ3n) is 2.98. The van der Waals surface area contributed by atoms with E-state index >= 15 is 0 Å². The van der Waals surface area contributed by atoms with Gasteiger partial charge in [-0.05, 0) is 19.1 Å². The summed E-state index contributed by atoms with van der Waals surface area (Å²) in [5, 5.41) is 9.82. The van der Waals surface area contributed by atoms with Gasteiger partial charge in [-0.25, -0.2) is 4.98 Å². The molecule has 1 heterocycles. The zero-order valence-electron chi connectivity index (χ0n) is 11.3. The second-order valence-electron chi connectivity index (χ2n) is 4.44. The summed E-state index contributed by atoms with van der Waals surface area (Å²) in [6.07, 6.45) is 0.640. The lowest BCUT2D eigenvalue weighted by Crippen LogP contribution is -2.00. The second kappa shape index (κ2) is 5.57. The van der Waals surface area contributed by atoms with Crippen LogP contribution in [-0.2, 0) is 6.42 Å². The highest BCUT2D eigenvalue weighted by atomic mass is 16.5. The predicted octanol–water partition coefficient (Wildman–Crippen LogP) is 2.95. The first kappa shape index (κ1) is 13.2. The first-order chi connectivity index (χ1) is 9.17. The van der Waals surface area contributed by atoms with Gasteiger partial charge in [-0.15, -0.1) is 0 Å². The summed E-state index contributed by atoms with van der Waals surface area (Å²) in [4.78, 5) is 4.58. The van der Waals surface area contributed by atoms with Crippen molar-refractivity contribution in [2.45, 2.75) is 13.3 Å². The molecule has 2 aromatic rings. The van der Waals surface area contributed by atoms with Crippen molar-refractivity contribution in [3.8, 4) is 17.6 Å². The normalized spacial score (nSPS) is 11.9. The van der Waals surface area contributed by atoms with Crippen LogP contribution in [-0.4, -0.2) is 19.2 Å². The number of rotatable bonds is 4. The quantitative estimate of drug-likeness (QED) is 0.844. The Hall–Kier alpha value is -2.28. The number of ether oxygens (including phenoxy) is 2. The number of hydrogen-bond donors (Lipinski definition) is 0. The third kappa shape index (κ3) is 2.76. The van der Waals surface area contributed by atoms with Crippen LogP contribution in [0.1, 0.15) is 12.6 Å². The van der Waals surface area contributed by atoms with Crippen molar-refractivity contribution in [1.29, 1.82) is 5.26 Å². The van der Waals surface area contributed by atoms with E-state index in [1.54, 1.807) is 14.2 Å². The number of pyridine rings is 1. The molecular weight excluding hydrogens is 240 g/mol. The molecule has 4 heteroatoms. The number of nitriles is 1. The summed E-state index contributed by atoms with van der Waals surface area (Å²) in [6, 6.07) is 9.87. The van der Waals surface area contributed by atoms with E-state index in [0.29, 0.717) is 12.2 Å². The molecule has 0 saturated heterocycles. The van der Waals surface area contributed by atoms with E-state index in [1.165, 1.54) is 0 Å². The highest BCUT2D eigenvalue weighted by Crippen LogP contribution is 2.30. The molecule has 0 saturated carbocycles. The average molecular weight is 256 g/mol. The van der Waals surface area contributed by atoms with Gasteiger partial charge in [-0.2, -0.15) is 5.26 Å². The van der Waals surface area contributed by atoms with Crippen LogP contribution >= 0.6 is 0 Å². The largest absolute Gasteiger partial charge is 0.497 e. The Balaban J connectivity index is 2.50. The fourth-order valence-electron chi connectivity index (χ4n) is 1.96. The Morgan fingerprint density at radius 3 is 2.68 bits per heavy atom. The van der Waals surface area contributed by atoms with Gasteiger partial charge in [0.1, 0.15) is 17.0 Å². The van der Waals surface area contributed by atoms with E-state index in [-0.39, 0.29) is 5.92 Å². The molecule has 1 aromatic heterocycles. The van der Waals surface area contributed by atoms with E-state index in [9.17, 15) is 0 Å². The van der Waals surface area contributed by atoms with Gasteiger partial charge in [0.2, 0.25) is 0 Å². The van der Waals surface area contributed by atoms with Crippen LogP contribution in [0.4, 0.5) is 0 Å². The number of benzene rings is 1. The zero-order chi connectivity index (χ0) is 13.8. The van der Waals surface area contributed by atoms with Gasteiger partial charge in [0.15, 0.2) is 0 Å². The lowest BCUT2D eigenvalue weighted by molar-refractivity contribution is 0.397. The molecule has 1 aromatic carbocycles. The molecule has 0 N–H and O–H groups in total. The van der Waals surface area contributed by atoms with Gasteiger partial charge in [-0.1, -0.05) is 6.07 Å². The molecule has 0 aliphatic rings. The van der Waals surface area contributed by atoms with Crippen LogP contribution in [0, 0.1) is 17.2 Å². The smallest absolute Gasteiger partial charge is 0.148 e. The third-order valence-corrected chi connectivity index (χ3v) is 2.98. The molecule has 98 valence electrons. The molecule has 0 bridgehead atoms. The summed E-state index contributed by atoms with van der Waals surface area (Å²) >= 11 is 0. The van der Waals surface area contributed by atoms with Crippen molar-refractivity contribution >= 4 is 10.9 Å². The highest BCUT2D eigenvalue weighted by Gasteiger charge is 2.09. The molecule has 0 amide bonds. The number of nitrogens with zero attached hydrogens (tertiary/aromatic N) is 2. The van der Waals surface area contributed by atoms with E-state index in [0.717, 1.165) is 22.3 Å². The van der Waals surface area contributed by atoms with Gasteiger partial charge < -0.3 is 9.47 Å². The molecule has 2 rings (SSSR count). The minimum absolute atomic E-state index is 0.0470. The van der Waals surface area contributed by atoms with Crippen molar-refractivity contribution in [3.63, 3.8) is 0 Å². The van der Waals surface area contributed by atoms with Crippen LogP contribution in [0.25, 0.3) is 10.9 Å². The zero-order valence-corrected chi connectivity index (χ0v) is 11.3. The Morgan fingerprint density at radius 1 is 1.26 bits per heavy atom. The summed E-state index contributed by atoms with van der Waals surface area (Å²) in [7, 11) is 3.23. The minimum atomic E-state index is -0.0470. The SMILES string of the molecule is COc1cc(OC)c2nc(CC(C)C#N)ccc2c1. The van der Waals surface area contributed by atoms with Crippen molar-refractivity contribution < 1.29 is 9.47 Å². The Morgan fingerprint density at radius 2 is 2.05 bits per heavy atom. The number of hydrogen-bond acceptors (Lipinski definition) is 4. The van der Waals surface area contributed by atoms with Gasteiger partial charge in [0, 0.05) is 29.5 Å². The fourth-order valence-corrected chi connectivity index (χ4v) is 1.96. The first-order valence-corrected chi connectivity index (χ1v) is 6.09. The maximum atomic E-state index is 8.86. The Kier molecular flexibility index (Phi) is 3.86. The van der Waals surface area contributed by atoms with Gasteiger partial charge in [-0.3, -0.25) is 0 Å². The van der Waals surface area contributed by atoms with Crippen LogP contribution in [0.2, 0.25) is 0 Å². The van der Waals surface area contributed by atoms with Crippen LogP contribution in [0.3, 0.4) is 0 Å². The number of aromatic nitrogens is 1. The number of methoxy groups -OCH3 is 2. The molecule has 0 aliphatic carbocycles. The summed E-state index contributed by atoms with van der Waals surface area (Å²) < 4.78 is 10.6. The lowest BCUT2D eigenvalue weighted by Gasteiger charge is -2.10. The van der Waals surface area contributed by atoms with E-state index in [4.69, 9.17) is 14.7 Å². The maximum Gasteiger partial charge on any atom is 0.148 e. The minimum Gasteiger partial charge on any atom is -0.497 e. The summed E-state index contributed by atoms with van der Waals surface area (Å²) in [5.74, 6) is 1.37. The van der Waals surface area contributed by atoms with Crippen LogP contribution in [0.5, 0.6) is 11.5 Å². The fraction of sp³-hybridized carbons (Fsp3) is 0.333.